The Labute approximate surface area is 162 Å². The molecule has 2 aromatic rings. The van der Waals surface area contributed by atoms with Crippen LogP contribution in [0.3, 0.4) is 0 Å². The Morgan fingerprint density at radius 2 is 1.72 bits per heavy atom. The van der Waals surface area contributed by atoms with Crippen molar-refractivity contribution >= 4 is 24.0 Å². The van der Waals surface area contributed by atoms with Gasteiger partial charge in [0.1, 0.15) is 5.75 Å². The molecular weight excluding hydrogens is 353 g/mol. The number of nitrogens with zero attached hydrogens (tertiary/aromatic N) is 1. The molecular formula is C21H27Cl2NO. The van der Waals surface area contributed by atoms with Crippen molar-refractivity contribution in [2.24, 2.45) is 0 Å². The molecule has 2 aromatic carbocycles. The first kappa shape index (κ1) is 20.1. The van der Waals surface area contributed by atoms with Crippen molar-refractivity contribution in [3.63, 3.8) is 0 Å². The summed E-state index contributed by atoms with van der Waals surface area (Å²) in [5.41, 5.74) is 2.46. The van der Waals surface area contributed by atoms with Crippen molar-refractivity contribution in [1.82, 2.24) is 4.90 Å². The maximum atomic E-state index is 6.26. The Balaban J connectivity index is 0.00000225. The number of hydrogen-bond acceptors (Lipinski definition) is 2. The molecule has 25 heavy (non-hydrogen) atoms. The first-order valence-corrected chi connectivity index (χ1v) is 9.26. The number of rotatable bonds is 7. The lowest BCUT2D eigenvalue weighted by Gasteiger charge is -2.20. The summed E-state index contributed by atoms with van der Waals surface area (Å²) in [7, 11) is 2.22. The van der Waals surface area contributed by atoms with Crippen LogP contribution in [0.25, 0.3) is 0 Å². The van der Waals surface area contributed by atoms with E-state index in [1.165, 1.54) is 30.5 Å². The molecule has 0 bridgehead atoms. The molecule has 0 spiro atoms. The predicted molar refractivity (Wildman–Crippen MR) is 108 cm³/mol. The number of halogens is 2. The van der Waals surface area contributed by atoms with Crippen LogP contribution in [0.5, 0.6) is 5.75 Å². The van der Waals surface area contributed by atoms with E-state index in [0.717, 1.165) is 36.6 Å². The minimum atomic E-state index is 0. The van der Waals surface area contributed by atoms with Crippen LogP contribution >= 0.6 is 24.0 Å². The molecule has 1 fully saturated rings. The number of benzene rings is 2. The van der Waals surface area contributed by atoms with Gasteiger partial charge in [0.15, 0.2) is 0 Å². The molecule has 4 heteroatoms. The molecule has 3 rings (SSSR count). The normalized spacial score (nSPS) is 17.3. The number of likely N-dealkylation sites (tertiary alicyclic amines) is 1. The summed E-state index contributed by atoms with van der Waals surface area (Å²) in [6.07, 6.45) is 5.60. The van der Waals surface area contributed by atoms with Gasteiger partial charge in [-0.1, -0.05) is 48.0 Å². The van der Waals surface area contributed by atoms with Gasteiger partial charge < -0.3 is 9.64 Å². The van der Waals surface area contributed by atoms with Crippen LogP contribution in [0.15, 0.2) is 48.5 Å². The van der Waals surface area contributed by atoms with Gasteiger partial charge in [0.05, 0.1) is 6.61 Å². The average Bonchev–Trinajstić information content (AvgIpc) is 3.00. The maximum absolute atomic E-state index is 6.26. The van der Waals surface area contributed by atoms with Crippen molar-refractivity contribution in [2.75, 3.05) is 20.2 Å². The van der Waals surface area contributed by atoms with E-state index in [4.69, 9.17) is 16.3 Å². The molecule has 0 N–H and O–H groups in total. The van der Waals surface area contributed by atoms with Gasteiger partial charge in [-0.25, -0.2) is 0 Å². The number of ether oxygens (including phenoxy) is 1. The minimum Gasteiger partial charge on any atom is -0.493 e. The molecule has 1 heterocycles. The largest absolute Gasteiger partial charge is 0.493 e. The molecule has 0 radical (unpaired) electrons. The van der Waals surface area contributed by atoms with Crippen molar-refractivity contribution < 1.29 is 4.74 Å². The monoisotopic (exact) mass is 379 g/mol. The molecule has 1 atom stereocenters. The first-order valence-electron chi connectivity index (χ1n) is 8.88. The van der Waals surface area contributed by atoms with Crippen LogP contribution in [0.2, 0.25) is 5.02 Å². The zero-order valence-corrected chi connectivity index (χ0v) is 16.4. The van der Waals surface area contributed by atoms with E-state index in [-0.39, 0.29) is 12.4 Å². The van der Waals surface area contributed by atoms with Crippen LogP contribution in [-0.2, 0) is 12.8 Å². The SMILES string of the molecule is CN1CCCC1CCOc1ccccc1CCc1ccccc1Cl.Cl. The topological polar surface area (TPSA) is 12.5 Å². The third-order valence-corrected chi connectivity index (χ3v) is 5.34. The third kappa shape index (κ3) is 5.64. The Bertz CT molecular complexity index is 662. The number of aryl methyl sites for hydroxylation is 2. The molecule has 0 saturated carbocycles. The summed E-state index contributed by atoms with van der Waals surface area (Å²) < 4.78 is 6.11. The molecule has 136 valence electrons. The first-order chi connectivity index (χ1) is 11.7. The van der Waals surface area contributed by atoms with Crippen LogP contribution in [-0.4, -0.2) is 31.1 Å². The second-order valence-corrected chi connectivity index (χ2v) is 7.02. The molecule has 1 unspecified atom stereocenters. The van der Waals surface area contributed by atoms with Crippen molar-refractivity contribution in [3.05, 3.63) is 64.7 Å². The molecule has 0 aliphatic carbocycles. The Hall–Kier alpha value is -1.22. The van der Waals surface area contributed by atoms with E-state index in [2.05, 4.69) is 42.3 Å². The lowest BCUT2D eigenvalue weighted by Crippen LogP contribution is -2.26. The molecule has 1 aliphatic rings. The molecule has 0 aromatic heterocycles. The fraction of sp³-hybridized carbons (Fsp3) is 0.429. The van der Waals surface area contributed by atoms with E-state index < -0.39 is 0 Å². The Morgan fingerprint density at radius 3 is 2.44 bits per heavy atom. The van der Waals surface area contributed by atoms with E-state index in [9.17, 15) is 0 Å². The van der Waals surface area contributed by atoms with Crippen molar-refractivity contribution in [3.8, 4) is 5.75 Å². The number of para-hydroxylation sites is 1. The Morgan fingerprint density at radius 1 is 1.04 bits per heavy atom. The van der Waals surface area contributed by atoms with Gasteiger partial charge in [-0.15, -0.1) is 12.4 Å². The minimum absolute atomic E-state index is 0. The summed E-state index contributed by atoms with van der Waals surface area (Å²) >= 11 is 6.26. The van der Waals surface area contributed by atoms with Gasteiger partial charge in [0, 0.05) is 11.1 Å². The zero-order chi connectivity index (χ0) is 16.8. The standard InChI is InChI=1S/C21H26ClNO.ClH/c1-23-15-6-9-19(23)14-16-24-21-11-5-3-8-18(21)13-12-17-7-2-4-10-20(17)22;/h2-5,7-8,10-11,19H,6,9,12-16H2,1H3;1H. The molecule has 1 aliphatic heterocycles. The fourth-order valence-corrected chi connectivity index (χ4v) is 3.70. The Kier molecular flexibility index (Phi) is 8.08. The second kappa shape index (κ2) is 10.1. The van der Waals surface area contributed by atoms with Crippen LogP contribution in [0, 0.1) is 0 Å². The maximum Gasteiger partial charge on any atom is 0.122 e. The highest BCUT2D eigenvalue weighted by molar-refractivity contribution is 6.31. The van der Waals surface area contributed by atoms with E-state index >= 15 is 0 Å². The fourth-order valence-electron chi connectivity index (χ4n) is 3.47. The quantitative estimate of drug-likeness (QED) is 0.637. The number of hydrogen-bond donors (Lipinski definition) is 0. The van der Waals surface area contributed by atoms with Gasteiger partial charge in [-0.05, 0) is 69.0 Å². The highest BCUT2D eigenvalue weighted by Gasteiger charge is 2.20. The summed E-state index contributed by atoms with van der Waals surface area (Å²) in [5, 5.41) is 0.847. The van der Waals surface area contributed by atoms with Crippen LogP contribution in [0.4, 0.5) is 0 Å². The highest BCUT2D eigenvalue weighted by Crippen LogP contribution is 2.24. The summed E-state index contributed by atoms with van der Waals surface area (Å²) in [5.74, 6) is 1.02. The lowest BCUT2D eigenvalue weighted by molar-refractivity contribution is 0.232. The average molecular weight is 380 g/mol. The summed E-state index contributed by atoms with van der Waals surface area (Å²) in [4.78, 5) is 2.45. The van der Waals surface area contributed by atoms with Gasteiger partial charge in [0.2, 0.25) is 0 Å². The second-order valence-electron chi connectivity index (χ2n) is 6.61. The molecule has 0 amide bonds. The van der Waals surface area contributed by atoms with Crippen molar-refractivity contribution in [1.29, 1.82) is 0 Å². The van der Waals surface area contributed by atoms with E-state index in [1.807, 2.05) is 18.2 Å². The predicted octanol–water partition coefficient (Wildman–Crippen LogP) is 5.41. The van der Waals surface area contributed by atoms with Gasteiger partial charge >= 0.3 is 0 Å². The van der Waals surface area contributed by atoms with Crippen LogP contribution < -0.4 is 4.74 Å². The summed E-state index contributed by atoms with van der Waals surface area (Å²) in [6.45, 7) is 2.01. The van der Waals surface area contributed by atoms with Crippen LogP contribution in [0.1, 0.15) is 30.4 Å². The van der Waals surface area contributed by atoms with E-state index in [0.29, 0.717) is 6.04 Å². The van der Waals surface area contributed by atoms with Crippen molar-refractivity contribution in [2.45, 2.75) is 38.1 Å². The van der Waals surface area contributed by atoms with E-state index in [1.54, 1.807) is 0 Å². The summed E-state index contributed by atoms with van der Waals surface area (Å²) in [6, 6.07) is 17.1. The van der Waals surface area contributed by atoms with Gasteiger partial charge in [-0.3, -0.25) is 0 Å². The highest BCUT2D eigenvalue weighted by atomic mass is 35.5. The zero-order valence-electron chi connectivity index (χ0n) is 14.8. The smallest absolute Gasteiger partial charge is 0.122 e. The van der Waals surface area contributed by atoms with Gasteiger partial charge in [0.25, 0.3) is 0 Å². The molecule has 2 nitrogen and oxygen atoms in total. The third-order valence-electron chi connectivity index (χ3n) is 4.97. The lowest BCUT2D eigenvalue weighted by atomic mass is 10.0. The van der Waals surface area contributed by atoms with Gasteiger partial charge in [-0.2, -0.15) is 0 Å². The molecule has 1 saturated heterocycles.